The van der Waals surface area contributed by atoms with E-state index in [-0.39, 0.29) is 4.90 Å². The third kappa shape index (κ3) is 4.02. The van der Waals surface area contributed by atoms with E-state index in [1.54, 1.807) is 14.0 Å². The molecule has 1 unspecified atom stereocenters. The Morgan fingerprint density at radius 1 is 1.38 bits per heavy atom. The van der Waals surface area contributed by atoms with Gasteiger partial charge in [-0.15, -0.1) is 0 Å². The predicted molar refractivity (Wildman–Crippen MR) is 81.2 cm³/mol. The highest BCUT2D eigenvalue weighted by atomic mass is 32.2. The summed E-state index contributed by atoms with van der Waals surface area (Å²) in [6.45, 7) is 3.10. The predicted octanol–water partition coefficient (Wildman–Crippen LogP) is 2.29. The molecule has 0 bridgehead atoms. The molecule has 0 saturated carbocycles. The molecule has 118 valence electrons. The fourth-order valence-electron chi connectivity index (χ4n) is 2.70. The Kier molecular flexibility index (Phi) is 5.35. The van der Waals surface area contributed by atoms with E-state index >= 15 is 0 Å². The van der Waals surface area contributed by atoms with Gasteiger partial charge in [0, 0.05) is 19.6 Å². The van der Waals surface area contributed by atoms with Crippen molar-refractivity contribution in [2.45, 2.75) is 43.5 Å². The van der Waals surface area contributed by atoms with Gasteiger partial charge < -0.3 is 5.32 Å². The number of nitrogens with one attached hydrogen (secondary N) is 1. The molecule has 1 atom stereocenters. The SMILES string of the molecule is Cc1cc(F)ccc1S(=O)(=O)N(C)CCC1CCCCN1. The second-order valence-corrected chi connectivity index (χ2v) is 7.69. The van der Waals surface area contributed by atoms with E-state index in [0.717, 1.165) is 19.4 Å². The van der Waals surface area contributed by atoms with Crippen molar-refractivity contribution < 1.29 is 12.8 Å². The van der Waals surface area contributed by atoms with E-state index in [9.17, 15) is 12.8 Å². The van der Waals surface area contributed by atoms with E-state index in [2.05, 4.69) is 5.32 Å². The first-order valence-electron chi connectivity index (χ1n) is 7.37. The molecule has 0 spiro atoms. The average molecular weight is 314 g/mol. The number of benzene rings is 1. The minimum absolute atomic E-state index is 0.183. The minimum atomic E-state index is -3.55. The summed E-state index contributed by atoms with van der Waals surface area (Å²) in [6.07, 6.45) is 4.30. The highest BCUT2D eigenvalue weighted by Crippen LogP contribution is 2.20. The second kappa shape index (κ2) is 6.85. The monoisotopic (exact) mass is 314 g/mol. The van der Waals surface area contributed by atoms with Crippen LogP contribution in [0.4, 0.5) is 4.39 Å². The maximum atomic E-state index is 13.1. The molecule has 4 nitrogen and oxygen atoms in total. The van der Waals surface area contributed by atoms with E-state index in [4.69, 9.17) is 0 Å². The summed E-state index contributed by atoms with van der Waals surface area (Å²) in [5.74, 6) is -0.416. The van der Waals surface area contributed by atoms with Gasteiger partial charge in [0.05, 0.1) is 4.90 Å². The van der Waals surface area contributed by atoms with Gasteiger partial charge in [-0.2, -0.15) is 0 Å². The molecule has 1 aromatic carbocycles. The Hall–Kier alpha value is -0.980. The molecule has 1 saturated heterocycles. The molecule has 1 heterocycles. The van der Waals surface area contributed by atoms with E-state index in [1.807, 2.05) is 0 Å². The molecule has 0 radical (unpaired) electrons. The standard InChI is InChI=1S/C15H23FN2O2S/c1-12-11-13(16)6-7-15(12)21(19,20)18(2)10-8-14-5-3-4-9-17-14/h6-7,11,14,17H,3-5,8-10H2,1-2H3. The molecule has 1 aromatic rings. The van der Waals surface area contributed by atoms with Gasteiger partial charge in [0.1, 0.15) is 5.82 Å². The normalized spacial score (nSPS) is 19.9. The Bertz CT molecular complexity index is 583. The van der Waals surface area contributed by atoms with Crippen molar-refractivity contribution in [3.8, 4) is 0 Å². The molecule has 0 aromatic heterocycles. The molecule has 1 fully saturated rings. The lowest BCUT2D eigenvalue weighted by Gasteiger charge is -2.26. The zero-order chi connectivity index (χ0) is 15.5. The van der Waals surface area contributed by atoms with E-state index in [0.29, 0.717) is 18.2 Å². The van der Waals surface area contributed by atoms with Gasteiger partial charge >= 0.3 is 0 Å². The third-order valence-electron chi connectivity index (χ3n) is 4.03. The molecule has 6 heteroatoms. The molecule has 1 N–H and O–H groups in total. The molecule has 21 heavy (non-hydrogen) atoms. The number of halogens is 1. The zero-order valence-corrected chi connectivity index (χ0v) is 13.4. The summed E-state index contributed by atoms with van der Waals surface area (Å²) in [5, 5.41) is 3.41. The zero-order valence-electron chi connectivity index (χ0n) is 12.6. The van der Waals surface area contributed by atoms with Crippen LogP contribution in [0.1, 0.15) is 31.2 Å². The largest absolute Gasteiger partial charge is 0.314 e. The lowest BCUT2D eigenvalue weighted by molar-refractivity contribution is 0.351. The van der Waals surface area contributed by atoms with Crippen LogP contribution in [0.15, 0.2) is 23.1 Å². The number of rotatable bonds is 5. The van der Waals surface area contributed by atoms with Crippen molar-refractivity contribution in [2.75, 3.05) is 20.1 Å². The van der Waals surface area contributed by atoms with E-state index in [1.165, 1.54) is 35.3 Å². The van der Waals surface area contributed by atoms with Crippen molar-refractivity contribution in [3.63, 3.8) is 0 Å². The maximum Gasteiger partial charge on any atom is 0.243 e. The van der Waals surface area contributed by atoms with Crippen LogP contribution in [0.5, 0.6) is 0 Å². The number of hydrogen-bond acceptors (Lipinski definition) is 3. The lowest BCUT2D eigenvalue weighted by atomic mass is 10.0. The topological polar surface area (TPSA) is 49.4 Å². The average Bonchev–Trinajstić information content (AvgIpc) is 2.45. The van der Waals surface area contributed by atoms with Crippen molar-refractivity contribution in [3.05, 3.63) is 29.6 Å². The fourth-order valence-corrected chi connectivity index (χ4v) is 4.09. The number of piperidine rings is 1. The number of nitrogens with zero attached hydrogens (tertiary/aromatic N) is 1. The summed E-state index contributed by atoms with van der Waals surface area (Å²) in [6, 6.07) is 4.18. The van der Waals surface area contributed by atoms with E-state index < -0.39 is 15.8 Å². The molecule has 1 aliphatic heterocycles. The van der Waals surface area contributed by atoms with Crippen molar-refractivity contribution >= 4 is 10.0 Å². The number of aryl methyl sites for hydroxylation is 1. The highest BCUT2D eigenvalue weighted by Gasteiger charge is 2.24. The molecular formula is C15H23FN2O2S. The summed E-state index contributed by atoms with van der Waals surface area (Å²) >= 11 is 0. The van der Waals surface area contributed by atoms with Crippen LogP contribution in [0.3, 0.4) is 0 Å². The minimum Gasteiger partial charge on any atom is -0.314 e. The van der Waals surface area contributed by atoms with Crippen molar-refractivity contribution in [1.29, 1.82) is 0 Å². The summed E-state index contributed by atoms with van der Waals surface area (Å²) in [7, 11) is -1.96. The Labute approximate surface area is 126 Å². The first-order chi connectivity index (χ1) is 9.91. The fraction of sp³-hybridized carbons (Fsp3) is 0.600. The first-order valence-corrected chi connectivity index (χ1v) is 8.81. The van der Waals surface area contributed by atoms with Gasteiger partial charge in [0.25, 0.3) is 0 Å². The third-order valence-corrected chi connectivity index (χ3v) is 6.05. The van der Waals surface area contributed by atoms with Crippen LogP contribution in [0.25, 0.3) is 0 Å². The van der Waals surface area contributed by atoms with Crippen LogP contribution >= 0.6 is 0 Å². The van der Waals surface area contributed by atoms with Crippen molar-refractivity contribution in [1.82, 2.24) is 9.62 Å². The van der Waals surface area contributed by atoms with Gasteiger partial charge in [0.15, 0.2) is 0 Å². The Balaban J connectivity index is 2.04. The first kappa shape index (κ1) is 16.4. The van der Waals surface area contributed by atoms with Crippen LogP contribution < -0.4 is 5.32 Å². The molecule has 1 aliphatic rings. The van der Waals surface area contributed by atoms with Gasteiger partial charge in [-0.3, -0.25) is 0 Å². The lowest BCUT2D eigenvalue weighted by Crippen LogP contribution is -2.38. The van der Waals surface area contributed by atoms with Crippen molar-refractivity contribution in [2.24, 2.45) is 0 Å². The van der Waals surface area contributed by atoms with Gasteiger partial charge in [-0.05, 0) is 56.5 Å². The maximum absolute atomic E-state index is 13.1. The summed E-state index contributed by atoms with van der Waals surface area (Å²) in [5.41, 5.74) is 0.442. The molecular weight excluding hydrogens is 291 g/mol. The summed E-state index contributed by atoms with van der Waals surface area (Å²) in [4.78, 5) is 0.183. The van der Waals surface area contributed by atoms with Gasteiger partial charge in [-0.1, -0.05) is 6.42 Å². The Morgan fingerprint density at radius 3 is 2.76 bits per heavy atom. The number of sulfonamides is 1. The molecule has 0 aliphatic carbocycles. The smallest absolute Gasteiger partial charge is 0.243 e. The van der Waals surface area contributed by atoms with Crippen LogP contribution in [-0.4, -0.2) is 38.9 Å². The second-order valence-electron chi connectivity index (χ2n) is 5.67. The van der Waals surface area contributed by atoms with Crippen LogP contribution in [0, 0.1) is 12.7 Å². The highest BCUT2D eigenvalue weighted by molar-refractivity contribution is 7.89. The van der Waals surface area contributed by atoms with Crippen LogP contribution in [-0.2, 0) is 10.0 Å². The van der Waals surface area contributed by atoms with Gasteiger partial charge in [0.2, 0.25) is 10.0 Å². The quantitative estimate of drug-likeness (QED) is 0.907. The molecule has 0 amide bonds. The molecule has 2 rings (SSSR count). The summed E-state index contributed by atoms with van der Waals surface area (Å²) < 4.78 is 39.5. The Morgan fingerprint density at radius 2 is 2.14 bits per heavy atom. The number of hydrogen-bond donors (Lipinski definition) is 1. The van der Waals surface area contributed by atoms with Crippen LogP contribution in [0.2, 0.25) is 0 Å². The van der Waals surface area contributed by atoms with Gasteiger partial charge in [-0.25, -0.2) is 17.1 Å².